The van der Waals surface area contributed by atoms with Crippen LogP contribution >= 0.6 is 11.3 Å². The van der Waals surface area contributed by atoms with Crippen LogP contribution in [0.1, 0.15) is 33.3 Å². The van der Waals surface area contributed by atoms with Gasteiger partial charge in [0.25, 0.3) is 5.91 Å². The number of rotatable bonds is 3. The topological polar surface area (TPSA) is 88.2 Å². The summed E-state index contributed by atoms with van der Waals surface area (Å²) < 4.78 is 0. The van der Waals surface area contributed by atoms with Gasteiger partial charge in [-0.05, 0) is 23.8 Å². The zero-order valence-electron chi connectivity index (χ0n) is 11.1. The van der Waals surface area contributed by atoms with E-state index in [1.807, 2.05) is 0 Å². The van der Waals surface area contributed by atoms with Gasteiger partial charge < -0.3 is 5.32 Å². The van der Waals surface area contributed by atoms with E-state index in [0.717, 1.165) is 11.3 Å². The number of aromatic nitrogens is 1. The Kier molecular flexibility index (Phi) is 3.26. The second-order valence-corrected chi connectivity index (χ2v) is 5.50. The third-order valence-electron chi connectivity index (χ3n) is 3.08. The monoisotopic (exact) mass is 301 g/mol. The maximum absolute atomic E-state index is 12.1. The molecular formula is C14H11N3O3S. The van der Waals surface area contributed by atoms with E-state index in [-0.39, 0.29) is 24.0 Å². The molecule has 0 fully saturated rings. The zero-order chi connectivity index (χ0) is 15.0. The molecule has 21 heavy (non-hydrogen) atoms. The first-order chi connectivity index (χ1) is 10.0. The van der Waals surface area contributed by atoms with Crippen molar-refractivity contribution < 1.29 is 14.4 Å². The molecule has 2 heterocycles. The molecule has 1 aliphatic rings. The van der Waals surface area contributed by atoms with E-state index in [1.54, 1.807) is 23.6 Å². The number of nitrogens with one attached hydrogen (secondary N) is 2. The Bertz CT molecular complexity index is 767. The van der Waals surface area contributed by atoms with Crippen molar-refractivity contribution in [3.05, 3.63) is 40.4 Å². The van der Waals surface area contributed by atoms with Crippen LogP contribution in [0, 0.1) is 0 Å². The first kappa shape index (κ1) is 13.4. The molecule has 0 saturated heterocycles. The summed E-state index contributed by atoms with van der Waals surface area (Å²) in [5.41, 5.74) is 2.32. The van der Waals surface area contributed by atoms with Gasteiger partial charge in [-0.2, -0.15) is 0 Å². The van der Waals surface area contributed by atoms with Gasteiger partial charge in [0.2, 0.25) is 5.91 Å². The first-order valence-electron chi connectivity index (χ1n) is 6.23. The van der Waals surface area contributed by atoms with E-state index in [0.29, 0.717) is 16.4 Å². The smallest absolute Gasteiger partial charge is 0.257 e. The Labute approximate surface area is 124 Å². The number of carbonyl (C=O) groups excluding carboxylic acids is 3. The summed E-state index contributed by atoms with van der Waals surface area (Å²) in [6, 6.07) is 5.03. The molecular weight excluding hydrogens is 290 g/mol. The highest BCUT2D eigenvalue weighted by Gasteiger charge is 2.19. The fraction of sp³-hybridized carbons (Fsp3) is 0.143. The van der Waals surface area contributed by atoms with Crippen LogP contribution in [0.25, 0.3) is 0 Å². The van der Waals surface area contributed by atoms with Gasteiger partial charge in [-0.25, -0.2) is 4.98 Å². The molecule has 7 heteroatoms. The summed E-state index contributed by atoms with van der Waals surface area (Å²) in [5, 5.41) is 7.33. The number of amides is 2. The van der Waals surface area contributed by atoms with Crippen molar-refractivity contribution in [2.24, 2.45) is 0 Å². The highest BCUT2D eigenvalue weighted by atomic mass is 32.1. The van der Waals surface area contributed by atoms with E-state index < -0.39 is 0 Å². The number of fused-ring (bicyclic) bond motifs is 1. The van der Waals surface area contributed by atoms with Crippen molar-refractivity contribution in [3.8, 4) is 0 Å². The Morgan fingerprint density at radius 3 is 2.90 bits per heavy atom. The summed E-state index contributed by atoms with van der Waals surface area (Å²) in [7, 11) is 0. The number of nitrogens with zero attached hydrogens (tertiary/aromatic N) is 1. The molecule has 0 radical (unpaired) electrons. The zero-order valence-corrected chi connectivity index (χ0v) is 11.9. The van der Waals surface area contributed by atoms with Crippen molar-refractivity contribution in [2.75, 3.05) is 10.6 Å². The molecule has 0 bridgehead atoms. The summed E-state index contributed by atoms with van der Waals surface area (Å²) >= 11 is 1.20. The third kappa shape index (κ3) is 2.68. The van der Waals surface area contributed by atoms with E-state index in [1.165, 1.54) is 18.3 Å². The Morgan fingerprint density at radius 2 is 2.19 bits per heavy atom. The van der Waals surface area contributed by atoms with Crippen LogP contribution in [0.15, 0.2) is 23.6 Å². The van der Waals surface area contributed by atoms with Crippen molar-refractivity contribution >= 4 is 39.8 Å². The molecule has 3 rings (SSSR count). The maximum atomic E-state index is 12.1. The van der Waals surface area contributed by atoms with Crippen molar-refractivity contribution in [1.29, 1.82) is 0 Å². The Balaban J connectivity index is 1.78. The average molecular weight is 301 g/mol. The van der Waals surface area contributed by atoms with E-state index in [2.05, 4.69) is 15.6 Å². The van der Waals surface area contributed by atoms with Crippen LogP contribution in [0.3, 0.4) is 0 Å². The fourth-order valence-corrected chi connectivity index (χ4v) is 2.78. The van der Waals surface area contributed by atoms with E-state index in [9.17, 15) is 14.4 Å². The largest absolute Gasteiger partial charge is 0.326 e. The van der Waals surface area contributed by atoms with Gasteiger partial charge in [-0.1, -0.05) is 0 Å². The second-order valence-electron chi connectivity index (χ2n) is 4.65. The van der Waals surface area contributed by atoms with Crippen molar-refractivity contribution in [2.45, 2.75) is 13.3 Å². The molecule has 1 aliphatic heterocycles. The highest BCUT2D eigenvalue weighted by molar-refractivity contribution is 7.14. The Morgan fingerprint density at radius 1 is 1.38 bits per heavy atom. The van der Waals surface area contributed by atoms with Gasteiger partial charge in [0.1, 0.15) is 5.69 Å². The van der Waals surface area contributed by atoms with Gasteiger partial charge in [-0.3, -0.25) is 19.7 Å². The molecule has 0 aliphatic carbocycles. The fourth-order valence-electron chi connectivity index (χ4n) is 2.03. The van der Waals surface area contributed by atoms with Crippen molar-refractivity contribution in [3.63, 3.8) is 0 Å². The molecule has 2 amide bonds. The molecule has 1 aromatic heterocycles. The predicted molar refractivity (Wildman–Crippen MR) is 78.8 cm³/mol. The van der Waals surface area contributed by atoms with Crippen LogP contribution in [0.2, 0.25) is 0 Å². The second kappa shape index (κ2) is 5.10. The summed E-state index contributed by atoms with van der Waals surface area (Å²) in [6.07, 6.45) is 0.280. The van der Waals surface area contributed by atoms with Gasteiger partial charge in [-0.15, -0.1) is 11.3 Å². The van der Waals surface area contributed by atoms with Crippen molar-refractivity contribution in [1.82, 2.24) is 4.98 Å². The molecule has 0 atom stereocenters. The molecule has 0 unspecified atom stereocenters. The lowest BCUT2D eigenvalue weighted by Gasteiger charge is -2.04. The van der Waals surface area contributed by atoms with Gasteiger partial charge in [0.15, 0.2) is 10.9 Å². The lowest BCUT2D eigenvalue weighted by molar-refractivity contribution is -0.115. The Hall–Kier alpha value is -2.54. The molecule has 2 aromatic rings. The van der Waals surface area contributed by atoms with Crippen LogP contribution in [-0.4, -0.2) is 22.6 Å². The highest BCUT2D eigenvalue weighted by Crippen LogP contribution is 2.24. The quantitative estimate of drug-likeness (QED) is 0.850. The van der Waals surface area contributed by atoms with Gasteiger partial charge in [0.05, 0.1) is 6.42 Å². The maximum Gasteiger partial charge on any atom is 0.257 e. The van der Waals surface area contributed by atoms with E-state index >= 15 is 0 Å². The minimum atomic E-state index is -0.318. The minimum Gasteiger partial charge on any atom is -0.326 e. The lowest BCUT2D eigenvalue weighted by atomic mass is 10.1. The number of Topliss-reactive ketones (excluding diaryl/α,β-unsaturated/α-hetero) is 1. The molecule has 1 aromatic carbocycles. The SMILES string of the molecule is CC(=O)c1csc(NC(=O)c2ccc3c(c2)CC(=O)N3)n1. The van der Waals surface area contributed by atoms with Crippen LogP contribution in [0.5, 0.6) is 0 Å². The molecule has 106 valence electrons. The molecule has 0 spiro atoms. The van der Waals surface area contributed by atoms with Crippen LogP contribution in [0.4, 0.5) is 10.8 Å². The van der Waals surface area contributed by atoms with E-state index in [4.69, 9.17) is 0 Å². The summed E-state index contributed by atoms with van der Waals surface area (Å²) in [4.78, 5) is 38.6. The van der Waals surface area contributed by atoms with Crippen LogP contribution in [-0.2, 0) is 11.2 Å². The summed E-state index contributed by atoms with van der Waals surface area (Å²) in [5.74, 6) is -0.538. The average Bonchev–Trinajstić information content (AvgIpc) is 3.02. The number of anilines is 2. The third-order valence-corrected chi connectivity index (χ3v) is 3.84. The number of ketones is 1. The van der Waals surface area contributed by atoms with Crippen LogP contribution < -0.4 is 10.6 Å². The molecule has 2 N–H and O–H groups in total. The first-order valence-corrected chi connectivity index (χ1v) is 7.11. The standard InChI is InChI=1S/C14H11N3O3S/c1-7(18)11-6-21-14(16-11)17-13(20)8-2-3-10-9(4-8)5-12(19)15-10/h2-4,6H,5H2,1H3,(H,15,19)(H,16,17,20). The summed E-state index contributed by atoms with van der Waals surface area (Å²) in [6.45, 7) is 1.42. The normalized spacial score (nSPS) is 12.7. The number of benzene rings is 1. The van der Waals surface area contributed by atoms with Gasteiger partial charge in [0, 0.05) is 23.6 Å². The number of hydrogen-bond donors (Lipinski definition) is 2. The molecule has 0 saturated carbocycles. The molecule has 6 nitrogen and oxygen atoms in total. The minimum absolute atomic E-state index is 0.0754. The number of carbonyl (C=O) groups is 3. The van der Waals surface area contributed by atoms with Gasteiger partial charge >= 0.3 is 0 Å². The predicted octanol–water partition coefficient (Wildman–Crippen LogP) is 2.09. The lowest BCUT2D eigenvalue weighted by Crippen LogP contribution is -2.12. The number of hydrogen-bond acceptors (Lipinski definition) is 5. The number of thiazole rings is 1.